The summed E-state index contributed by atoms with van der Waals surface area (Å²) in [5.41, 5.74) is 3.59. The fourth-order valence-electron chi connectivity index (χ4n) is 3.35. The first-order valence-corrected chi connectivity index (χ1v) is 9.10. The van der Waals surface area contributed by atoms with Crippen molar-refractivity contribution in [3.8, 4) is 0 Å². The van der Waals surface area contributed by atoms with E-state index in [-0.39, 0.29) is 17.7 Å². The first-order valence-electron chi connectivity index (χ1n) is 9.10. The summed E-state index contributed by atoms with van der Waals surface area (Å²) < 4.78 is 0. The molecule has 0 radical (unpaired) electrons. The van der Waals surface area contributed by atoms with E-state index in [0.717, 1.165) is 17.1 Å². The van der Waals surface area contributed by atoms with Crippen LogP contribution in [0, 0.1) is 26.7 Å². The number of carbonyl (C=O) groups is 2. The van der Waals surface area contributed by atoms with Gasteiger partial charge in [-0.3, -0.25) is 9.59 Å². The number of piperidine rings is 1. The van der Waals surface area contributed by atoms with Crippen LogP contribution in [0.25, 0.3) is 0 Å². The summed E-state index contributed by atoms with van der Waals surface area (Å²) in [6, 6.07) is 8.16. The van der Waals surface area contributed by atoms with Gasteiger partial charge in [-0.25, -0.2) is 4.98 Å². The molecule has 1 aliphatic rings. The minimum Gasteiger partial charge on any atom is -0.352 e. The van der Waals surface area contributed by atoms with Gasteiger partial charge < -0.3 is 15.2 Å². The summed E-state index contributed by atoms with van der Waals surface area (Å²) in [5, 5.41) is 3.02. The molecule has 0 bridgehead atoms. The number of amides is 2. The van der Waals surface area contributed by atoms with Crippen LogP contribution in [-0.4, -0.2) is 39.8 Å². The Morgan fingerprint density at radius 2 is 1.81 bits per heavy atom. The molecule has 138 valence electrons. The molecule has 0 unspecified atom stereocenters. The van der Waals surface area contributed by atoms with Crippen molar-refractivity contribution in [2.24, 2.45) is 5.92 Å². The topological polar surface area (TPSA) is 78.1 Å². The van der Waals surface area contributed by atoms with E-state index in [9.17, 15) is 9.59 Å². The molecule has 1 saturated heterocycles. The second-order valence-electron chi connectivity index (χ2n) is 7.07. The molecule has 26 heavy (non-hydrogen) atoms. The number of hydrogen-bond acceptors (Lipinski definition) is 3. The van der Waals surface area contributed by atoms with Gasteiger partial charge in [-0.1, -0.05) is 29.8 Å². The number of aryl methyl sites for hydroxylation is 3. The average Bonchev–Trinajstić information content (AvgIpc) is 2.98. The molecular weight excluding hydrogens is 328 g/mol. The summed E-state index contributed by atoms with van der Waals surface area (Å²) in [5.74, 6) is 0.734. The maximum atomic E-state index is 12.6. The molecule has 6 nitrogen and oxygen atoms in total. The largest absolute Gasteiger partial charge is 0.352 e. The van der Waals surface area contributed by atoms with E-state index >= 15 is 0 Å². The Morgan fingerprint density at radius 3 is 2.38 bits per heavy atom. The zero-order valence-electron chi connectivity index (χ0n) is 15.6. The normalized spacial score (nSPS) is 15.1. The Bertz CT molecular complexity index is 787. The van der Waals surface area contributed by atoms with Gasteiger partial charge in [-0.2, -0.15) is 0 Å². The van der Waals surface area contributed by atoms with Gasteiger partial charge in [0.15, 0.2) is 0 Å². The molecule has 2 heterocycles. The standard InChI is InChI=1S/C20H26N4O2/c1-13-4-6-16(7-5-13)12-21-19(25)17-8-10-24(11-9-17)20(26)18-14(2)22-15(3)23-18/h4-7,17H,8-12H2,1-3H3,(H,21,25)(H,22,23). The summed E-state index contributed by atoms with van der Waals surface area (Å²) in [7, 11) is 0. The van der Waals surface area contributed by atoms with E-state index in [2.05, 4.69) is 15.3 Å². The highest BCUT2D eigenvalue weighted by Gasteiger charge is 2.29. The highest BCUT2D eigenvalue weighted by atomic mass is 16.2. The van der Waals surface area contributed by atoms with E-state index in [4.69, 9.17) is 0 Å². The number of nitrogens with zero attached hydrogens (tertiary/aromatic N) is 2. The molecule has 2 amide bonds. The Kier molecular flexibility index (Phi) is 5.40. The second-order valence-corrected chi connectivity index (χ2v) is 7.07. The fourth-order valence-corrected chi connectivity index (χ4v) is 3.35. The first-order chi connectivity index (χ1) is 12.4. The zero-order valence-corrected chi connectivity index (χ0v) is 15.6. The van der Waals surface area contributed by atoms with Crippen LogP contribution < -0.4 is 5.32 Å². The van der Waals surface area contributed by atoms with Crippen LogP contribution >= 0.6 is 0 Å². The number of imidazole rings is 1. The number of hydrogen-bond donors (Lipinski definition) is 2. The van der Waals surface area contributed by atoms with E-state index < -0.39 is 0 Å². The number of nitrogens with one attached hydrogen (secondary N) is 2. The molecule has 0 aliphatic carbocycles. The van der Waals surface area contributed by atoms with E-state index in [1.807, 2.05) is 45.0 Å². The summed E-state index contributed by atoms with van der Waals surface area (Å²) in [4.78, 5) is 34.1. The predicted octanol–water partition coefficient (Wildman–Crippen LogP) is 2.50. The van der Waals surface area contributed by atoms with Gasteiger partial charge in [-0.15, -0.1) is 0 Å². The summed E-state index contributed by atoms with van der Waals surface area (Å²) >= 11 is 0. The maximum Gasteiger partial charge on any atom is 0.274 e. The third-order valence-electron chi connectivity index (χ3n) is 4.95. The lowest BCUT2D eigenvalue weighted by molar-refractivity contribution is -0.126. The van der Waals surface area contributed by atoms with Crippen LogP contribution in [-0.2, 0) is 11.3 Å². The quantitative estimate of drug-likeness (QED) is 0.885. The number of likely N-dealkylation sites (tertiary alicyclic amines) is 1. The van der Waals surface area contributed by atoms with Gasteiger partial charge in [0.1, 0.15) is 11.5 Å². The van der Waals surface area contributed by atoms with Gasteiger partial charge in [0.2, 0.25) is 5.91 Å². The third-order valence-corrected chi connectivity index (χ3v) is 4.95. The van der Waals surface area contributed by atoms with Crippen molar-refractivity contribution < 1.29 is 9.59 Å². The molecule has 3 rings (SSSR count). The molecular formula is C20H26N4O2. The van der Waals surface area contributed by atoms with Crippen LogP contribution in [0.1, 0.15) is 46.0 Å². The number of H-pyrrole nitrogens is 1. The molecule has 1 aromatic heterocycles. The van der Waals surface area contributed by atoms with E-state index in [1.165, 1.54) is 5.56 Å². The average molecular weight is 354 g/mol. The van der Waals surface area contributed by atoms with Crippen molar-refractivity contribution in [2.45, 2.75) is 40.2 Å². The van der Waals surface area contributed by atoms with Gasteiger partial charge >= 0.3 is 0 Å². The lowest BCUT2D eigenvalue weighted by atomic mass is 9.95. The van der Waals surface area contributed by atoms with Gasteiger partial charge in [0.25, 0.3) is 5.91 Å². The van der Waals surface area contributed by atoms with Gasteiger partial charge in [0.05, 0.1) is 0 Å². The highest BCUT2D eigenvalue weighted by Crippen LogP contribution is 2.20. The summed E-state index contributed by atoms with van der Waals surface area (Å²) in [6.07, 6.45) is 1.38. The third kappa shape index (κ3) is 4.12. The van der Waals surface area contributed by atoms with E-state index in [1.54, 1.807) is 4.90 Å². The van der Waals surface area contributed by atoms with E-state index in [0.29, 0.717) is 38.2 Å². The Labute approximate surface area is 154 Å². The van der Waals surface area contributed by atoms with Crippen molar-refractivity contribution in [3.63, 3.8) is 0 Å². The lowest BCUT2D eigenvalue weighted by Gasteiger charge is -2.31. The first kappa shape index (κ1) is 18.2. The van der Waals surface area contributed by atoms with Crippen LogP contribution in [0.3, 0.4) is 0 Å². The molecule has 1 fully saturated rings. The molecule has 0 saturated carbocycles. The van der Waals surface area contributed by atoms with Gasteiger partial charge in [0, 0.05) is 31.2 Å². The minimum absolute atomic E-state index is 0.0356. The van der Waals surface area contributed by atoms with Crippen LogP contribution in [0.5, 0.6) is 0 Å². The Balaban J connectivity index is 1.49. The molecule has 1 aromatic carbocycles. The molecule has 1 aliphatic heterocycles. The number of rotatable bonds is 4. The predicted molar refractivity (Wildman–Crippen MR) is 99.7 cm³/mol. The molecule has 0 spiro atoms. The minimum atomic E-state index is -0.0506. The number of benzene rings is 1. The number of carbonyl (C=O) groups excluding carboxylic acids is 2. The smallest absolute Gasteiger partial charge is 0.274 e. The number of aromatic amines is 1. The maximum absolute atomic E-state index is 12.6. The molecule has 6 heteroatoms. The second kappa shape index (κ2) is 7.72. The number of aromatic nitrogens is 2. The SMILES string of the molecule is Cc1ccc(CNC(=O)C2CCN(C(=O)c3nc(C)[nH]c3C)CC2)cc1. The Hall–Kier alpha value is -2.63. The molecule has 2 N–H and O–H groups in total. The lowest BCUT2D eigenvalue weighted by Crippen LogP contribution is -2.43. The monoisotopic (exact) mass is 354 g/mol. The van der Waals surface area contributed by atoms with Crippen molar-refractivity contribution in [1.82, 2.24) is 20.2 Å². The molecule has 0 atom stereocenters. The summed E-state index contributed by atoms with van der Waals surface area (Å²) in [6.45, 7) is 7.47. The highest BCUT2D eigenvalue weighted by molar-refractivity contribution is 5.93. The van der Waals surface area contributed by atoms with Crippen LogP contribution in [0.4, 0.5) is 0 Å². The van der Waals surface area contributed by atoms with Crippen molar-refractivity contribution in [1.29, 1.82) is 0 Å². The van der Waals surface area contributed by atoms with Crippen molar-refractivity contribution >= 4 is 11.8 Å². The molecule has 2 aromatic rings. The Morgan fingerprint density at radius 1 is 1.15 bits per heavy atom. The van der Waals surface area contributed by atoms with Gasteiger partial charge in [-0.05, 0) is 39.2 Å². The van der Waals surface area contributed by atoms with Crippen LogP contribution in [0.15, 0.2) is 24.3 Å². The van der Waals surface area contributed by atoms with Crippen molar-refractivity contribution in [2.75, 3.05) is 13.1 Å². The fraction of sp³-hybridized carbons (Fsp3) is 0.450. The van der Waals surface area contributed by atoms with Crippen LogP contribution in [0.2, 0.25) is 0 Å². The zero-order chi connectivity index (χ0) is 18.7. The van der Waals surface area contributed by atoms with Crippen molar-refractivity contribution in [3.05, 3.63) is 52.6 Å².